The van der Waals surface area contributed by atoms with Gasteiger partial charge >= 0.3 is 0 Å². The zero-order valence-electron chi connectivity index (χ0n) is 9.61. The molecule has 4 nitrogen and oxygen atoms in total. The molecule has 3 N–H and O–H groups in total. The van der Waals surface area contributed by atoms with E-state index in [1.54, 1.807) is 12.1 Å². The van der Waals surface area contributed by atoms with Crippen molar-refractivity contribution in [2.24, 2.45) is 5.84 Å². The maximum atomic E-state index is 13.3. The summed E-state index contributed by atoms with van der Waals surface area (Å²) in [6.45, 7) is 0. The highest BCUT2D eigenvalue weighted by Gasteiger charge is 2.20. The summed E-state index contributed by atoms with van der Waals surface area (Å²) in [6, 6.07) is 6.89. The van der Waals surface area contributed by atoms with Gasteiger partial charge in [-0.15, -0.1) is 0 Å². The van der Waals surface area contributed by atoms with E-state index < -0.39 is 6.04 Å². The molecular formula is C12H12ClFN2O2. The van der Waals surface area contributed by atoms with Crippen molar-refractivity contribution < 1.29 is 13.5 Å². The topological polar surface area (TPSA) is 60.4 Å². The van der Waals surface area contributed by atoms with Crippen molar-refractivity contribution in [3.63, 3.8) is 0 Å². The Bertz CT molecular complexity index is 545. The molecule has 0 fully saturated rings. The number of halogens is 2. The summed E-state index contributed by atoms with van der Waals surface area (Å²) >= 11 is 5.71. The molecule has 0 saturated heterocycles. The number of rotatable bonds is 4. The molecule has 0 bridgehead atoms. The first-order valence-corrected chi connectivity index (χ1v) is 5.58. The predicted molar refractivity (Wildman–Crippen MR) is 65.8 cm³/mol. The normalized spacial score (nSPS) is 12.4. The van der Waals surface area contributed by atoms with Crippen LogP contribution in [0.4, 0.5) is 4.39 Å². The number of hydrogen-bond acceptors (Lipinski definition) is 4. The Balaban J connectivity index is 2.47. The van der Waals surface area contributed by atoms with Gasteiger partial charge in [0.25, 0.3) is 0 Å². The first kappa shape index (κ1) is 12.9. The summed E-state index contributed by atoms with van der Waals surface area (Å²) in [7, 11) is 1.50. The first-order chi connectivity index (χ1) is 8.65. The van der Waals surface area contributed by atoms with Crippen LogP contribution in [0, 0.1) is 5.82 Å². The van der Waals surface area contributed by atoms with Crippen molar-refractivity contribution in [1.82, 2.24) is 5.43 Å². The van der Waals surface area contributed by atoms with Gasteiger partial charge in [-0.25, -0.2) is 9.82 Å². The highest BCUT2D eigenvalue weighted by Crippen LogP contribution is 2.31. The number of methoxy groups -OCH3 is 1. The summed E-state index contributed by atoms with van der Waals surface area (Å²) in [5.74, 6) is 6.09. The highest BCUT2D eigenvalue weighted by atomic mass is 35.5. The second-order valence-electron chi connectivity index (χ2n) is 3.63. The van der Waals surface area contributed by atoms with Crippen LogP contribution in [0.15, 0.2) is 34.7 Å². The fraction of sp³-hybridized carbons (Fsp3) is 0.167. The Morgan fingerprint density at radius 2 is 2.17 bits per heavy atom. The lowest BCUT2D eigenvalue weighted by molar-refractivity contribution is 0.392. The van der Waals surface area contributed by atoms with Crippen LogP contribution < -0.4 is 16.0 Å². The molecule has 18 heavy (non-hydrogen) atoms. The number of furan rings is 1. The van der Waals surface area contributed by atoms with Crippen LogP contribution in [0.5, 0.6) is 5.75 Å². The molecule has 2 aromatic rings. The lowest BCUT2D eigenvalue weighted by atomic mass is 10.0. The number of nitrogens with one attached hydrogen (secondary N) is 1. The molecule has 0 aliphatic rings. The number of benzene rings is 1. The van der Waals surface area contributed by atoms with Gasteiger partial charge in [0.1, 0.15) is 23.4 Å². The minimum Gasteiger partial charge on any atom is -0.496 e. The van der Waals surface area contributed by atoms with Crippen LogP contribution in [0.2, 0.25) is 5.22 Å². The molecule has 1 aromatic carbocycles. The maximum absolute atomic E-state index is 13.3. The molecule has 0 saturated carbocycles. The van der Waals surface area contributed by atoms with E-state index in [2.05, 4.69) is 5.43 Å². The summed E-state index contributed by atoms with van der Waals surface area (Å²) in [6.07, 6.45) is 0. The summed E-state index contributed by atoms with van der Waals surface area (Å²) < 4.78 is 23.8. The molecule has 0 spiro atoms. The number of hydrazine groups is 1. The number of hydrogen-bond donors (Lipinski definition) is 2. The Morgan fingerprint density at radius 3 is 2.72 bits per heavy atom. The first-order valence-electron chi connectivity index (χ1n) is 5.20. The van der Waals surface area contributed by atoms with Crippen LogP contribution in [-0.2, 0) is 0 Å². The highest BCUT2D eigenvalue weighted by molar-refractivity contribution is 6.28. The number of ether oxygens (including phenoxy) is 1. The van der Waals surface area contributed by atoms with Gasteiger partial charge in [-0.1, -0.05) is 0 Å². The monoisotopic (exact) mass is 270 g/mol. The fourth-order valence-corrected chi connectivity index (χ4v) is 1.89. The lowest BCUT2D eigenvalue weighted by Gasteiger charge is -2.17. The second kappa shape index (κ2) is 5.39. The van der Waals surface area contributed by atoms with Gasteiger partial charge in [0, 0.05) is 5.56 Å². The quantitative estimate of drug-likeness (QED) is 0.662. The molecule has 0 radical (unpaired) electrons. The van der Waals surface area contributed by atoms with Crippen molar-refractivity contribution in [1.29, 1.82) is 0 Å². The van der Waals surface area contributed by atoms with Crippen LogP contribution >= 0.6 is 11.6 Å². The Kier molecular flexibility index (Phi) is 3.86. The maximum Gasteiger partial charge on any atom is 0.193 e. The van der Waals surface area contributed by atoms with Crippen molar-refractivity contribution in [3.05, 3.63) is 52.7 Å². The van der Waals surface area contributed by atoms with Crippen LogP contribution in [0.1, 0.15) is 17.4 Å². The summed E-state index contributed by atoms with van der Waals surface area (Å²) in [5, 5.41) is 0.237. The molecule has 1 aromatic heterocycles. The standard InChI is InChI=1S/C12H12ClFN2O2/c1-17-9-3-2-7(14)6-8(9)12(16-15)10-4-5-11(13)18-10/h2-6,12,16H,15H2,1H3. The summed E-state index contributed by atoms with van der Waals surface area (Å²) in [5.41, 5.74) is 3.08. The van der Waals surface area contributed by atoms with Crippen molar-refractivity contribution in [2.75, 3.05) is 7.11 Å². The molecule has 2 rings (SSSR count). The van der Waals surface area contributed by atoms with E-state index in [1.165, 1.54) is 25.3 Å². The van der Waals surface area contributed by atoms with Crippen LogP contribution in [0.3, 0.4) is 0 Å². The van der Waals surface area contributed by atoms with Crippen molar-refractivity contribution in [3.8, 4) is 5.75 Å². The smallest absolute Gasteiger partial charge is 0.193 e. The molecule has 0 aliphatic heterocycles. The van der Waals surface area contributed by atoms with E-state index in [4.69, 9.17) is 26.6 Å². The van der Waals surface area contributed by atoms with Gasteiger partial charge in [-0.3, -0.25) is 5.84 Å². The average Bonchev–Trinajstić information content (AvgIpc) is 2.77. The van der Waals surface area contributed by atoms with Gasteiger partial charge < -0.3 is 9.15 Å². The minimum atomic E-state index is -0.539. The van der Waals surface area contributed by atoms with Gasteiger partial charge in [-0.05, 0) is 41.9 Å². The van der Waals surface area contributed by atoms with Crippen LogP contribution in [0.25, 0.3) is 0 Å². The molecule has 96 valence electrons. The fourth-order valence-electron chi connectivity index (χ4n) is 1.74. The molecule has 0 aliphatic carbocycles. The Labute approximate surface area is 108 Å². The van der Waals surface area contributed by atoms with Gasteiger partial charge in [0.15, 0.2) is 5.22 Å². The number of nitrogens with two attached hydrogens (primary N) is 1. The van der Waals surface area contributed by atoms with E-state index >= 15 is 0 Å². The third-order valence-electron chi connectivity index (χ3n) is 2.55. The van der Waals surface area contributed by atoms with Crippen molar-refractivity contribution >= 4 is 11.6 Å². The largest absolute Gasteiger partial charge is 0.496 e. The average molecular weight is 271 g/mol. The third-order valence-corrected chi connectivity index (χ3v) is 2.75. The van der Waals surface area contributed by atoms with E-state index in [9.17, 15) is 4.39 Å². The molecule has 1 unspecified atom stereocenters. The van der Waals surface area contributed by atoms with Gasteiger partial charge in [0.2, 0.25) is 0 Å². The Morgan fingerprint density at radius 1 is 1.39 bits per heavy atom. The zero-order chi connectivity index (χ0) is 13.1. The zero-order valence-corrected chi connectivity index (χ0v) is 10.4. The van der Waals surface area contributed by atoms with E-state index in [-0.39, 0.29) is 11.0 Å². The minimum absolute atomic E-state index is 0.237. The van der Waals surface area contributed by atoms with Gasteiger partial charge in [0.05, 0.1) is 7.11 Å². The lowest BCUT2D eigenvalue weighted by Crippen LogP contribution is -2.29. The molecule has 1 heterocycles. The predicted octanol–water partition coefficient (Wildman–Crippen LogP) is 2.63. The molecule has 1 atom stereocenters. The van der Waals surface area contributed by atoms with E-state index in [0.29, 0.717) is 17.1 Å². The molecular weight excluding hydrogens is 259 g/mol. The second-order valence-corrected chi connectivity index (χ2v) is 4.00. The Hall–Kier alpha value is -1.56. The third kappa shape index (κ3) is 2.48. The van der Waals surface area contributed by atoms with Crippen molar-refractivity contribution in [2.45, 2.75) is 6.04 Å². The van der Waals surface area contributed by atoms with Gasteiger partial charge in [-0.2, -0.15) is 0 Å². The molecule has 0 amide bonds. The molecule has 6 heteroatoms. The SMILES string of the molecule is COc1ccc(F)cc1C(NN)c1ccc(Cl)o1. The summed E-state index contributed by atoms with van der Waals surface area (Å²) in [4.78, 5) is 0. The van der Waals surface area contributed by atoms with E-state index in [0.717, 1.165) is 0 Å². The van der Waals surface area contributed by atoms with E-state index in [1.807, 2.05) is 0 Å². The van der Waals surface area contributed by atoms with Crippen LogP contribution in [-0.4, -0.2) is 7.11 Å².